The summed E-state index contributed by atoms with van der Waals surface area (Å²) in [5.41, 5.74) is 2.27. The Labute approximate surface area is 97.5 Å². The number of aromatic hydroxyl groups is 1. The van der Waals surface area contributed by atoms with Crippen molar-refractivity contribution in [1.29, 1.82) is 0 Å². The van der Waals surface area contributed by atoms with Gasteiger partial charge in [0.1, 0.15) is 5.75 Å². The largest absolute Gasteiger partial charge is 0.508 e. The molecule has 1 aromatic carbocycles. The van der Waals surface area contributed by atoms with E-state index in [4.69, 9.17) is 0 Å². The summed E-state index contributed by atoms with van der Waals surface area (Å²) in [4.78, 5) is 13.9. The fourth-order valence-corrected chi connectivity index (χ4v) is 1.60. The number of aromatic nitrogens is 1. The molecule has 0 amide bonds. The lowest BCUT2D eigenvalue weighted by molar-refractivity contribution is -0.389. The first-order valence-electron chi connectivity index (χ1n) is 4.99. The number of hydrogen-bond acceptors (Lipinski definition) is 4. The number of rotatable bonds is 2. The minimum Gasteiger partial charge on any atom is -0.508 e. The summed E-state index contributed by atoms with van der Waals surface area (Å²) in [7, 11) is 0. The molecule has 0 atom stereocenters. The minimum atomic E-state index is -0.520. The molecule has 5 nitrogen and oxygen atoms in total. The molecule has 17 heavy (non-hydrogen) atoms. The number of nitrogens with zero attached hydrogens (tertiary/aromatic N) is 2. The van der Waals surface area contributed by atoms with Crippen molar-refractivity contribution >= 4 is 5.82 Å². The molecule has 0 saturated heterocycles. The van der Waals surface area contributed by atoms with E-state index >= 15 is 0 Å². The number of nitro groups is 1. The summed E-state index contributed by atoms with van der Waals surface area (Å²) in [6.45, 7) is 1.72. The predicted molar refractivity (Wildman–Crippen MR) is 62.7 cm³/mol. The highest BCUT2D eigenvalue weighted by Gasteiger charge is 2.12. The normalized spacial score (nSPS) is 10.2. The van der Waals surface area contributed by atoms with Crippen molar-refractivity contribution in [3.05, 3.63) is 52.2 Å². The first kappa shape index (κ1) is 11.1. The molecule has 5 heteroatoms. The maximum atomic E-state index is 10.6. The van der Waals surface area contributed by atoms with E-state index in [0.29, 0.717) is 5.69 Å². The van der Waals surface area contributed by atoms with Crippen molar-refractivity contribution in [3.63, 3.8) is 0 Å². The Bertz CT molecular complexity index is 564. The van der Waals surface area contributed by atoms with Gasteiger partial charge in [-0.05, 0) is 33.7 Å². The molecule has 1 aromatic heterocycles. The number of phenolic OH excluding ortho intramolecular Hbond substituents is 1. The molecule has 0 unspecified atom stereocenters. The number of hydrogen-bond donors (Lipinski definition) is 1. The summed E-state index contributed by atoms with van der Waals surface area (Å²) < 4.78 is 0. The topological polar surface area (TPSA) is 76.3 Å². The Morgan fingerprint density at radius 2 is 1.82 bits per heavy atom. The summed E-state index contributed by atoms with van der Waals surface area (Å²) in [5.74, 6) is 0.0197. The Balaban J connectivity index is 2.46. The van der Waals surface area contributed by atoms with E-state index in [0.717, 1.165) is 11.1 Å². The van der Waals surface area contributed by atoms with Crippen molar-refractivity contribution < 1.29 is 10.0 Å². The van der Waals surface area contributed by atoms with Gasteiger partial charge in [-0.2, -0.15) is 0 Å². The molecule has 0 bridgehead atoms. The van der Waals surface area contributed by atoms with E-state index in [1.54, 1.807) is 37.3 Å². The molecule has 2 rings (SSSR count). The lowest BCUT2D eigenvalue weighted by Gasteiger charge is -2.02. The van der Waals surface area contributed by atoms with Gasteiger partial charge >= 0.3 is 5.82 Å². The van der Waals surface area contributed by atoms with E-state index in [9.17, 15) is 15.2 Å². The van der Waals surface area contributed by atoms with Gasteiger partial charge in [-0.3, -0.25) is 0 Å². The molecule has 0 aliphatic rings. The van der Waals surface area contributed by atoms with E-state index in [1.165, 1.54) is 6.07 Å². The van der Waals surface area contributed by atoms with Gasteiger partial charge in [-0.15, -0.1) is 0 Å². The van der Waals surface area contributed by atoms with Gasteiger partial charge in [0, 0.05) is 18.6 Å². The lowest BCUT2D eigenvalue weighted by atomic mass is 10.0. The molecule has 1 heterocycles. The van der Waals surface area contributed by atoms with Gasteiger partial charge in [-0.25, -0.2) is 0 Å². The number of pyridine rings is 1. The molecule has 1 N–H and O–H groups in total. The smallest absolute Gasteiger partial charge is 0.363 e. The van der Waals surface area contributed by atoms with E-state index in [1.807, 2.05) is 0 Å². The molecule has 0 radical (unpaired) electrons. The summed E-state index contributed by atoms with van der Waals surface area (Å²) >= 11 is 0. The van der Waals surface area contributed by atoms with Crippen molar-refractivity contribution in [2.24, 2.45) is 0 Å². The zero-order valence-electron chi connectivity index (χ0n) is 9.12. The maximum Gasteiger partial charge on any atom is 0.363 e. The molecule has 0 saturated carbocycles. The molecular weight excluding hydrogens is 220 g/mol. The van der Waals surface area contributed by atoms with Gasteiger partial charge in [-0.1, -0.05) is 12.1 Å². The first-order chi connectivity index (χ1) is 8.08. The van der Waals surface area contributed by atoms with E-state index < -0.39 is 4.92 Å². The van der Waals surface area contributed by atoms with Crippen molar-refractivity contribution in [1.82, 2.24) is 4.98 Å². The van der Waals surface area contributed by atoms with Crippen LogP contribution in [0.15, 0.2) is 36.4 Å². The monoisotopic (exact) mass is 230 g/mol. The Morgan fingerprint density at radius 1 is 1.18 bits per heavy atom. The lowest BCUT2D eigenvalue weighted by Crippen LogP contribution is -1.95. The van der Waals surface area contributed by atoms with Crippen LogP contribution in [0.25, 0.3) is 11.1 Å². The van der Waals surface area contributed by atoms with Crippen LogP contribution in [-0.4, -0.2) is 15.0 Å². The van der Waals surface area contributed by atoms with Gasteiger partial charge in [0.25, 0.3) is 0 Å². The molecule has 0 fully saturated rings. The van der Waals surface area contributed by atoms with Gasteiger partial charge in [0.2, 0.25) is 0 Å². The van der Waals surface area contributed by atoms with Crippen LogP contribution in [0.1, 0.15) is 5.69 Å². The zero-order valence-corrected chi connectivity index (χ0v) is 9.12. The van der Waals surface area contributed by atoms with Gasteiger partial charge < -0.3 is 15.2 Å². The van der Waals surface area contributed by atoms with Gasteiger partial charge in [0.05, 0.1) is 0 Å². The van der Waals surface area contributed by atoms with Crippen LogP contribution in [0.5, 0.6) is 5.75 Å². The van der Waals surface area contributed by atoms with Crippen LogP contribution in [0.4, 0.5) is 5.82 Å². The van der Waals surface area contributed by atoms with Crippen LogP contribution < -0.4 is 0 Å². The van der Waals surface area contributed by atoms with Crippen molar-refractivity contribution in [3.8, 4) is 16.9 Å². The van der Waals surface area contributed by atoms with Gasteiger partial charge in [0.15, 0.2) is 5.69 Å². The second-order valence-electron chi connectivity index (χ2n) is 3.61. The highest BCUT2D eigenvalue weighted by Crippen LogP contribution is 2.25. The predicted octanol–water partition coefficient (Wildman–Crippen LogP) is 2.67. The Kier molecular flexibility index (Phi) is 2.74. The summed E-state index contributed by atoms with van der Waals surface area (Å²) in [6.07, 6.45) is 0. The average molecular weight is 230 g/mol. The van der Waals surface area contributed by atoms with Crippen LogP contribution in [-0.2, 0) is 0 Å². The minimum absolute atomic E-state index is 0.162. The zero-order chi connectivity index (χ0) is 12.4. The van der Waals surface area contributed by atoms with Crippen LogP contribution in [0.2, 0.25) is 0 Å². The quantitative estimate of drug-likeness (QED) is 0.635. The second-order valence-corrected chi connectivity index (χ2v) is 3.61. The molecule has 0 aliphatic carbocycles. The fourth-order valence-electron chi connectivity index (χ4n) is 1.60. The number of benzene rings is 1. The second kappa shape index (κ2) is 4.21. The van der Waals surface area contributed by atoms with Crippen molar-refractivity contribution in [2.75, 3.05) is 0 Å². The van der Waals surface area contributed by atoms with Crippen LogP contribution in [0.3, 0.4) is 0 Å². The Morgan fingerprint density at radius 3 is 2.35 bits per heavy atom. The maximum absolute atomic E-state index is 10.6. The van der Waals surface area contributed by atoms with E-state index in [2.05, 4.69) is 4.98 Å². The third-order valence-electron chi connectivity index (χ3n) is 2.44. The third kappa shape index (κ3) is 2.23. The fraction of sp³-hybridized carbons (Fsp3) is 0.0833. The SMILES string of the molecule is Cc1nc([N+](=O)[O-])ccc1-c1ccc(O)cc1. The molecule has 2 aromatic rings. The molecule has 86 valence electrons. The highest BCUT2D eigenvalue weighted by molar-refractivity contribution is 5.67. The standard InChI is InChI=1S/C12H10N2O3/c1-8-11(6-7-12(13-8)14(16)17)9-2-4-10(15)5-3-9/h2-7,15H,1H3. The molecule has 0 spiro atoms. The van der Waals surface area contributed by atoms with E-state index in [-0.39, 0.29) is 11.6 Å². The van der Waals surface area contributed by atoms with Crippen molar-refractivity contribution in [2.45, 2.75) is 6.92 Å². The average Bonchev–Trinajstić information content (AvgIpc) is 2.30. The molecular formula is C12H10N2O3. The third-order valence-corrected chi connectivity index (χ3v) is 2.44. The first-order valence-corrected chi connectivity index (χ1v) is 4.99. The Hall–Kier alpha value is -2.43. The number of phenols is 1. The summed E-state index contributed by atoms with van der Waals surface area (Å²) in [6, 6.07) is 9.64. The summed E-state index contributed by atoms with van der Waals surface area (Å²) in [5, 5.41) is 19.7. The van der Waals surface area contributed by atoms with Crippen LogP contribution >= 0.6 is 0 Å². The highest BCUT2D eigenvalue weighted by atomic mass is 16.6. The number of aryl methyl sites for hydroxylation is 1. The molecule has 0 aliphatic heterocycles. The van der Waals surface area contributed by atoms with Crippen LogP contribution in [0, 0.1) is 17.0 Å².